The highest BCUT2D eigenvalue weighted by atomic mass is 32.2. The fraction of sp³-hybridized carbons (Fsp3) is 0.400. The van der Waals surface area contributed by atoms with Crippen LogP contribution in [0.1, 0.15) is 24.4 Å². The summed E-state index contributed by atoms with van der Waals surface area (Å²) in [7, 11) is 0. The van der Waals surface area contributed by atoms with Gasteiger partial charge in [0.1, 0.15) is 0 Å². The van der Waals surface area contributed by atoms with Gasteiger partial charge in [0.25, 0.3) is 0 Å². The molecule has 15 heavy (non-hydrogen) atoms. The third kappa shape index (κ3) is 2.19. The quantitative estimate of drug-likeness (QED) is 0.524. The fourth-order valence-corrected chi connectivity index (χ4v) is 2.54. The first-order valence-electron chi connectivity index (χ1n) is 4.92. The monoisotopic (exact) mass is 226 g/mol. The van der Waals surface area contributed by atoms with E-state index < -0.39 is 11.1 Å². The van der Waals surface area contributed by atoms with E-state index in [1.165, 1.54) is 0 Å². The van der Waals surface area contributed by atoms with E-state index in [1.807, 2.05) is 0 Å². The molecule has 1 aliphatic rings. The highest BCUT2D eigenvalue weighted by Crippen LogP contribution is 2.29. The van der Waals surface area contributed by atoms with Crippen LogP contribution < -0.4 is 11.1 Å². The Bertz CT molecular complexity index is 389. The van der Waals surface area contributed by atoms with Crippen molar-refractivity contribution < 1.29 is 8.76 Å². The standard InChI is InChI=1S/C10H14N2O2S/c11-7-3-4-10(15(13)14)8(6-7)9-2-1-5-12-9/h3-4,6,9,12H,1-2,5,11H2,(H,13,14)/t9-/m1/s1. The average molecular weight is 226 g/mol. The molecule has 4 nitrogen and oxygen atoms in total. The maximum absolute atomic E-state index is 11.1. The van der Waals surface area contributed by atoms with Crippen LogP contribution in [0.5, 0.6) is 0 Å². The number of nitrogens with one attached hydrogen (secondary N) is 1. The molecule has 1 fully saturated rings. The topological polar surface area (TPSA) is 75.4 Å². The molecule has 0 aromatic heterocycles. The Morgan fingerprint density at radius 3 is 2.93 bits per heavy atom. The molecule has 4 N–H and O–H groups in total. The molecule has 1 aromatic rings. The van der Waals surface area contributed by atoms with Crippen molar-refractivity contribution in [2.75, 3.05) is 12.3 Å². The molecular weight excluding hydrogens is 212 g/mol. The van der Waals surface area contributed by atoms with E-state index in [-0.39, 0.29) is 6.04 Å². The van der Waals surface area contributed by atoms with Gasteiger partial charge in [0.05, 0.1) is 4.90 Å². The van der Waals surface area contributed by atoms with E-state index >= 15 is 0 Å². The summed E-state index contributed by atoms with van der Waals surface area (Å²) in [4.78, 5) is 0.462. The van der Waals surface area contributed by atoms with Crippen molar-refractivity contribution >= 4 is 16.8 Å². The van der Waals surface area contributed by atoms with Crippen molar-refractivity contribution in [3.63, 3.8) is 0 Å². The predicted octanol–water partition coefficient (Wildman–Crippen LogP) is 1.27. The zero-order valence-electron chi connectivity index (χ0n) is 8.27. The van der Waals surface area contributed by atoms with Gasteiger partial charge < -0.3 is 15.6 Å². The summed E-state index contributed by atoms with van der Waals surface area (Å²) in [5, 5.41) is 3.29. The molecule has 0 bridgehead atoms. The fourth-order valence-electron chi connectivity index (χ4n) is 1.95. The highest BCUT2D eigenvalue weighted by Gasteiger charge is 2.21. The van der Waals surface area contributed by atoms with Crippen LogP contribution in [0.3, 0.4) is 0 Å². The molecule has 5 heteroatoms. The lowest BCUT2D eigenvalue weighted by Gasteiger charge is -2.14. The van der Waals surface area contributed by atoms with Crippen LogP contribution in [0.4, 0.5) is 5.69 Å². The Hall–Kier alpha value is -0.910. The summed E-state index contributed by atoms with van der Waals surface area (Å²) in [5.41, 5.74) is 7.17. The van der Waals surface area contributed by atoms with E-state index in [2.05, 4.69) is 5.32 Å². The molecule has 2 atom stereocenters. The first-order valence-corrected chi connectivity index (χ1v) is 6.03. The Morgan fingerprint density at radius 1 is 1.53 bits per heavy atom. The third-order valence-corrected chi connectivity index (χ3v) is 3.41. The van der Waals surface area contributed by atoms with Crippen LogP contribution in [0, 0.1) is 0 Å². The zero-order valence-corrected chi connectivity index (χ0v) is 9.09. The number of nitrogen functional groups attached to an aromatic ring is 1. The predicted molar refractivity (Wildman–Crippen MR) is 59.9 cm³/mol. The summed E-state index contributed by atoms with van der Waals surface area (Å²) in [6, 6.07) is 5.23. The van der Waals surface area contributed by atoms with E-state index in [4.69, 9.17) is 10.3 Å². The lowest BCUT2D eigenvalue weighted by atomic mass is 10.0. The first kappa shape index (κ1) is 10.6. The lowest BCUT2D eigenvalue weighted by Crippen LogP contribution is -2.15. The molecule has 0 radical (unpaired) electrons. The van der Waals surface area contributed by atoms with Gasteiger partial charge in [0.2, 0.25) is 0 Å². The van der Waals surface area contributed by atoms with Crippen LogP contribution >= 0.6 is 0 Å². The number of hydrogen-bond donors (Lipinski definition) is 3. The molecule has 2 rings (SSSR count). The van der Waals surface area contributed by atoms with Crippen molar-refractivity contribution in [1.82, 2.24) is 5.32 Å². The summed E-state index contributed by atoms with van der Waals surface area (Å²) >= 11 is -1.94. The number of rotatable bonds is 2. The molecular formula is C10H14N2O2S. The number of nitrogens with two attached hydrogens (primary N) is 1. The largest absolute Gasteiger partial charge is 0.399 e. The second-order valence-electron chi connectivity index (χ2n) is 3.70. The highest BCUT2D eigenvalue weighted by molar-refractivity contribution is 7.79. The SMILES string of the molecule is Nc1ccc(S(=O)O)c([C@H]2CCCN2)c1. The number of anilines is 1. The number of benzene rings is 1. The normalized spacial score (nSPS) is 22.9. The molecule has 1 heterocycles. The van der Waals surface area contributed by atoms with Crippen molar-refractivity contribution in [2.45, 2.75) is 23.8 Å². The second kappa shape index (κ2) is 4.30. The average Bonchev–Trinajstić information content (AvgIpc) is 2.69. The van der Waals surface area contributed by atoms with Crippen molar-refractivity contribution in [1.29, 1.82) is 0 Å². The Labute approximate surface area is 91.2 Å². The van der Waals surface area contributed by atoms with E-state index in [0.29, 0.717) is 10.6 Å². The summed E-state index contributed by atoms with van der Waals surface area (Å²) in [6.07, 6.45) is 2.09. The minimum absolute atomic E-state index is 0.166. The Kier molecular flexibility index (Phi) is 3.04. The second-order valence-corrected chi connectivity index (χ2v) is 4.63. The molecule has 0 saturated carbocycles. The molecule has 82 valence electrons. The molecule has 1 saturated heterocycles. The van der Waals surface area contributed by atoms with Gasteiger partial charge in [0, 0.05) is 11.7 Å². The maximum atomic E-state index is 11.1. The van der Waals surface area contributed by atoms with Crippen LogP contribution in [0.2, 0.25) is 0 Å². The third-order valence-electron chi connectivity index (χ3n) is 2.66. The van der Waals surface area contributed by atoms with E-state index in [0.717, 1.165) is 24.9 Å². The smallest absolute Gasteiger partial charge is 0.186 e. The first-order chi connectivity index (χ1) is 7.18. The summed E-state index contributed by atoms with van der Waals surface area (Å²) in [5.74, 6) is 0. The lowest BCUT2D eigenvalue weighted by molar-refractivity contribution is 0.558. The van der Waals surface area contributed by atoms with Crippen LogP contribution in [0.15, 0.2) is 23.1 Å². The molecule has 1 aromatic carbocycles. The minimum atomic E-state index is -1.94. The van der Waals surface area contributed by atoms with Gasteiger partial charge >= 0.3 is 0 Å². The maximum Gasteiger partial charge on any atom is 0.186 e. The van der Waals surface area contributed by atoms with Gasteiger partial charge in [-0.25, -0.2) is 4.21 Å². The molecule has 1 unspecified atom stereocenters. The van der Waals surface area contributed by atoms with Gasteiger partial charge in [-0.2, -0.15) is 0 Å². The molecule has 0 aliphatic carbocycles. The van der Waals surface area contributed by atoms with Crippen LogP contribution in [0.25, 0.3) is 0 Å². The van der Waals surface area contributed by atoms with Gasteiger partial charge in [-0.15, -0.1) is 0 Å². The van der Waals surface area contributed by atoms with Crippen LogP contribution in [-0.2, 0) is 11.1 Å². The van der Waals surface area contributed by atoms with Crippen LogP contribution in [-0.4, -0.2) is 15.3 Å². The Morgan fingerprint density at radius 2 is 2.33 bits per heavy atom. The summed E-state index contributed by atoms with van der Waals surface area (Å²) < 4.78 is 20.3. The minimum Gasteiger partial charge on any atom is -0.399 e. The summed E-state index contributed by atoms with van der Waals surface area (Å²) in [6.45, 7) is 0.955. The van der Waals surface area contributed by atoms with Crippen molar-refractivity contribution in [2.24, 2.45) is 0 Å². The van der Waals surface area contributed by atoms with E-state index in [1.54, 1.807) is 18.2 Å². The number of hydrogen-bond acceptors (Lipinski definition) is 3. The molecule has 0 spiro atoms. The van der Waals surface area contributed by atoms with Gasteiger partial charge in [-0.3, -0.25) is 0 Å². The van der Waals surface area contributed by atoms with Gasteiger partial charge in [-0.1, -0.05) is 0 Å². The zero-order chi connectivity index (χ0) is 10.8. The molecule has 0 amide bonds. The van der Waals surface area contributed by atoms with Crippen molar-refractivity contribution in [3.05, 3.63) is 23.8 Å². The molecule has 1 aliphatic heterocycles. The van der Waals surface area contributed by atoms with Crippen molar-refractivity contribution in [3.8, 4) is 0 Å². The van der Waals surface area contributed by atoms with E-state index in [9.17, 15) is 4.21 Å². The van der Waals surface area contributed by atoms with Gasteiger partial charge in [0.15, 0.2) is 11.1 Å². The van der Waals surface area contributed by atoms with Gasteiger partial charge in [-0.05, 0) is 43.1 Å². The Balaban J connectivity index is 2.41.